The van der Waals surface area contributed by atoms with E-state index in [-0.39, 0.29) is 10.8 Å². The molecule has 1 aromatic heterocycles. The monoisotopic (exact) mass is 287 g/mol. The molecule has 18 heavy (non-hydrogen) atoms. The fraction of sp³-hybridized carbons (Fsp3) is 0.273. The first-order chi connectivity index (χ1) is 8.56. The molecule has 0 aliphatic carbocycles. The number of phenolic OH excluding ortho intramolecular Hbond substituents is 1. The van der Waals surface area contributed by atoms with Crippen LogP contribution in [0.1, 0.15) is 17.3 Å². The van der Waals surface area contributed by atoms with Crippen LogP contribution in [0.3, 0.4) is 0 Å². The summed E-state index contributed by atoms with van der Waals surface area (Å²) in [6.45, 7) is 2.56. The molecular formula is C11H11Cl2N3O2. The van der Waals surface area contributed by atoms with Crippen molar-refractivity contribution in [2.45, 2.75) is 20.0 Å². The van der Waals surface area contributed by atoms with Crippen LogP contribution in [0.15, 0.2) is 16.7 Å². The number of hydrogen-bond acceptors (Lipinski definition) is 5. The lowest BCUT2D eigenvalue weighted by Crippen LogP contribution is -2.13. The van der Waals surface area contributed by atoms with E-state index >= 15 is 0 Å². The second-order valence-corrected chi connectivity index (χ2v) is 4.57. The molecule has 0 fully saturated rings. The molecule has 0 amide bonds. The maximum Gasteiger partial charge on any atom is 0.223 e. The number of rotatable bonds is 4. The van der Waals surface area contributed by atoms with E-state index in [0.717, 1.165) is 0 Å². The number of hydrogen-bond donors (Lipinski definition) is 2. The molecule has 0 unspecified atom stereocenters. The van der Waals surface area contributed by atoms with Gasteiger partial charge < -0.3 is 14.9 Å². The fourth-order valence-electron chi connectivity index (χ4n) is 1.48. The summed E-state index contributed by atoms with van der Waals surface area (Å²) in [5.41, 5.74) is 0.618. The van der Waals surface area contributed by atoms with Gasteiger partial charge >= 0.3 is 0 Å². The van der Waals surface area contributed by atoms with Gasteiger partial charge in [0.05, 0.1) is 11.6 Å². The van der Waals surface area contributed by atoms with Crippen molar-refractivity contribution in [1.82, 2.24) is 15.5 Å². The van der Waals surface area contributed by atoms with Crippen LogP contribution in [0.5, 0.6) is 5.75 Å². The zero-order valence-electron chi connectivity index (χ0n) is 9.57. The molecule has 0 aliphatic rings. The summed E-state index contributed by atoms with van der Waals surface area (Å²) in [4.78, 5) is 4.04. The normalized spacial score (nSPS) is 10.8. The number of halogens is 2. The summed E-state index contributed by atoms with van der Waals surface area (Å²) in [5.74, 6) is 1.10. The highest BCUT2D eigenvalue weighted by atomic mass is 35.5. The minimum absolute atomic E-state index is 0.0258. The van der Waals surface area contributed by atoms with E-state index < -0.39 is 0 Å². The predicted octanol–water partition coefficient (Wildman–Crippen LogP) is 2.68. The molecule has 7 heteroatoms. The summed E-state index contributed by atoms with van der Waals surface area (Å²) >= 11 is 11.7. The first-order valence-electron chi connectivity index (χ1n) is 5.23. The van der Waals surface area contributed by atoms with Crippen LogP contribution >= 0.6 is 23.2 Å². The average molecular weight is 288 g/mol. The second-order valence-electron chi connectivity index (χ2n) is 3.73. The number of aromatic hydroxyl groups is 1. The van der Waals surface area contributed by atoms with Gasteiger partial charge in [-0.3, -0.25) is 0 Å². The van der Waals surface area contributed by atoms with Gasteiger partial charge in [-0.1, -0.05) is 28.4 Å². The zero-order chi connectivity index (χ0) is 13.1. The minimum atomic E-state index is 0.0258. The van der Waals surface area contributed by atoms with E-state index in [0.29, 0.717) is 35.4 Å². The summed E-state index contributed by atoms with van der Waals surface area (Å²) in [5, 5.41) is 17.3. The lowest BCUT2D eigenvalue weighted by atomic mass is 10.2. The Labute approximate surface area is 114 Å². The number of phenols is 1. The molecule has 0 saturated heterocycles. The first kappa shape index (κ1) is 13.1. The van der Waals surface area contributed by atoms with Crippen LogP contribution in [0.4, 0.5) is 0 Å². The van der Waals surface area contributed by atoms with Crippen LogP contribution < -0.4 is 5.32 Å². The highest BCUT2D eigenvalue weighted by molar-refractivity contribution is 6.35. The smallest absolute Gasteiger partial charge is 0.223 e. The summed E-state index contributed by atoms with van der Waals surface area (Å²) < 4.78 is 4.84. The third-order valence-corrected chi connectivity index (χ3v) is 2.78. The molecule has 1 aromatic carbocycles. The van der Waals surface area contributed by atoms with Gasteiger partial charge in [-0.15, -0.1) is 0 Å². The van der Waals surface area contributed by atoms with Crippen LogP contribution in [0, 0.1) is 6.92 Å². The molecule has 1 heterocycles. The highest BCUT2D eigenvalue weighted by Gasteiger charge is 2.08. The Morgan fingerprint density at radius 3 is 2.78 bits per heavy atom. The number of aryl methyl sites for hydroxylation is 1. The summed E-state index contributed by atoms with van der Waals surface area (Å²) in [6.07, 6.45) is 0. The van der Waals surface area contributed by atoms with Crippen molar-refractivity contribution < 1.29 is 9.63 Å². The average Bonchev–Trinajstić information content (AvgIpc) is 2.71. The highest BCUT2D eigenvalue weighted by Crippen LogP contribution is 2.30. The van der Waals surface area contributed by atoms with Crippen molar-refractivity contribution in [2.75, 3.05) is 0 Å². The molecule has 0 spiro atoms. The fourth-order valence-corrected chi connectivity index (χ4v) is 2.01. The van der Waals surface area contributed by atoms with E-state index in [1.807, 2.05) is 0 Å². The van der Waals surface area contributed by atoms with Crippen molar-refractivity contribution in [3.05, 3.63) is 39.5 Å². The van der Waals surface area contributed by atoms with Crippen LogP contribution in [0.25, 0.3) is 0 Å². The van der Waals surface area contributed by atoms with Gasteiger partial charge in [0.25, 0.3) is 0 Å². The van der Waals surface area contributed by atoms with E-state index in [4.69, 9.17) is 27.7 Å². The molecule has 96 valence electrons. The van der Waals surface area contributed by atoms with Crippen molar-refractivity contribution in [1.29, 1.82) is 0 Å². The van der Waals surface area contributed by atoms with E-state index in [9.17, 15) is 5.11 Å². The van der Waals surface area contributed by atoms with Crippen LogP contribution in [-0.4, -0.2) is 15.2 Å². The Morgan fingerprint density at radius 1 is 1.33 bits per heavy atom. The minimum Gasteiger partial charge on any atom is -0.506 e. The molecule has 0 bridgehead atoms. The summed E-state index contributed by atoms with van der Waals surface area (Å²) in [6, 6.07) is 3.14. The van der Waals surface area contributed by atoms with E-state index in [2.05, 4.69) is 15.5 Å². The van der Waals surface area contributed by atoms with Crippen molar-refractivity contribution in [3.8, 4) is 5.75 Å². The SMILES string of the molecule is Cc1nc(CNCc2cc(Cl)cc(Cl)c2O)no1. The molecule has 2 N–H and O–H groups in total. The van der Waals surface area contributed by atoms with Gasteiger partial charge in [-0.25, -0.2) is 0 Å². The van der Waals surface area contributed by atoms with Gasteiger partial charge in [0.1, 0.15) is 5.75 Å². The largest absolute Gasteiger partial charge is 0.506 e. The Kier molecular flexibility index (Phi) is 4.06. The zero-order valence-corrected chi connectivity index (χ0v) is 11.1. The predicted molar refractivity (Wildman–Crippen MR) is 67.7 cm³/mol. The molecule has 2 aromatic rings. The van der Waals surface area contributed by atoms with Crippen molar-refractivity contribution >= 4 is 23.2 Å². The third kappa shape index (κ3) is 3.13. The Hall–Kier alpha value is -1.30. The number of nitrogens with one attached hydrogen (secondary N) is 1. The first-order valence-corrected chi connectivity index (χ1v) is 5.98. The summed E-state index contributed by atoms with van der Waals surface area (Å²) in [7, 11) is 0. The number of nitrogens with zero attached hydrogens (tertiary/aromatic N) is 2. The van der Waals surface area contributed by atoms with Gasteiger partial charge in [-0.2, -0.15) is 4.98 Å². The van der Waals surface area contributed by atoms with Gasteiger partial charge in [0.15, 0.2) is 5.82 Å². The number of aromatic nitrogens is 2. The van der Waals surface area contributed by atoms with Crippen LogP contribution in [0.2, 0.25) is 10.0 Å². The Balaban J connectivity index is 1.98. The molecule has 0 radical (unpaired) electrons. The molecule has 0 saturated carbocycles. The van der Waals surface area contributed by atoms with Crippen molar-refractivity contribution in [2.24, 2.45) is 0 Å². The van der Waals surface area contributed by atoms with E-state index in [1.54, 1.807) is 13.0 Å². The maximum atomic E-state index is 9.74. The lowest BCUT2D eigenvalue weighted by molar-refractivity contribution is 0.385. The Bertz CT molecular complexity index is 557. The van der Waals surface area contributed by atoms with Gasteiger partial charge in [0, 0.05) is 24.1 Å². The van der Waals surface area contributed by atoms with Gasteiger partial charge in [-0.05, 0) is 12.1 Å². The van der Waals surface area contributed by atoms with E-state index in [1.165, 1.54) is 6.07 Å². The molecular weight excluding hydrogens is 277 g/mol. The van der Waals surface area contributed by atoms with Gasteiger partial charge in [0.2, 0.25) is 5.89 Å². The Morgan fingerprint density at radius 2 is 2.11 bits per heavy atom. The topological polar surface area (TPSA) is 71.2 Å². The molecule has 0 aliphatic heterocycles. The van der Waals surface area contributed by atoms with Crippen LogP contribution in [-0.2, 0) is 13.1 Å². The number of benzene rings is 1. The van der Waals surface area contributed by atoms with Crippen molar-refractivity contribution in [3.63, 3.8) is 0 Å². The second kappa shape index (κ2) is 5.56. The third-order valence-electron chi connectivity index (χ3n) is 2.28. The molecule has 0 atom stereocenters. The molecule has 2 rings (SSSR count). The maximum absolute atomic E-state index is 9.74. The lowest BCUT2D eigenvalue weighted by Gasteiger charge is -2.07. The standard InChI is InChI=1S/C11H11Cl2N3O2/c1-6-15-10(16-18-6)5-14-4-7-2-8(12)3-9(13)11(7)17/h2-3,14,17H,4-5H2,1H3. The molecule has 5 nitrogen and oxygen atoms in total. The quantitative estimate of drug-likeness (QED) is 0.905.